The fourth-order valence-electron chi connectivity index (χ4n) is 4.74. The van der Waals surface area contributed by atoms with E-state index in [9.17, 15) is 4.79 Å². The monoisotopic (exact) mass is 381 g/mol. The van der Waals surface area contributed by atoms with Gasteiger partial charge >= 0.3 is 0 Å². The maximum atomic E-state index is 15.7. The molecular weight excluding hydrogens is 353 g/mol. The minimum Gasteiger partial charge on any atom is -0.496 e. The minimum absolute atomic E-state index is 0.183. The third-order valence-electron chi connectivity index (χ3n) is 6.31. The van der Waals surface area contributed by atoms with Gasteiger partial charge < -0.3 is 4.74 Å². The Bertz CT molecular complexity index is 858. The Hall–Kier alpha value is -2.20. The van der Waals surface area contributed by atoms with Gasteiger partial charge in [0.2, 0.25) is 5.78 Å². The van der Waals surface area contributed by atoms with Gasteiger partial charge in [-0.05, 0) is 74.0 Å². The molecule has 0 saturated carbocycles. The Balaban J connectivity index is 1.38. The van der Waals surface area contributed by atoms with Crippen molar-refractivity contribution in [2.24, 2.45) is 5.92 Å². The number of benzene rings is 2. The number of carbonyl (C=O) groups is 1. The largest absolute Gasteiger partial charge is 0.496 e. The predicted molar refractivity (Wildman–Crippen MR) is 109 cm³/mol. The van der Waals surface area contributed by atoms with Gasteiger partial charge in [-0.25, -0.2) is 4.39 Å². The SMILES string of the molecule is COc1cc2c(cc1C)C(=O)C(F)(CC1CCN(Cc3ccccc3)CC1)C2. The standard InChI is InChI=1S/C24H28FNO2/c1-17-12-21-20(13-22(17)28-2)15-24(25,23(21)27)14-18-8-10-26(11-9-18)16-19-6-4-3-5-7-19/h3-7,12-13,18H,8-11,14-16H2,1-2H3. The van der Waals surface area contributed by atoms with Gasteiger partial charge in [-0.15, -0.1) is 0 Å². The molecule has 0 amide bonds. The molecule has 148 valence electrons. The average molecular weight is 381 g/mol. The molecule has 4 heteroatoms. The summed E-state index contributed by atoms with van der Waals surface area (Å²) in [4.78, 5) is 15.3. The average Bonchev–Trinajstić information content (AvgIpc) is 2.93. The van der Waals surface area contributed by atoms with Gasteiger partial charge in [0, 0.05) is 18.5 Å². The summed E-state index contributed by atoms with van der Waals surface area (Å²) in [5.74, 6) is 0.656. The summed E-state index contributed by atoms with van der Waals surface area (Å²) >= 11 is 0. The summed E-state index contributed by atoms with van der Waals surface area (Å²) in [7, 11) is 1.61. The molecule has 2 aliphatic rings. The van der Waals surface area contributed by atoms with Crippen molar-refractivity contribution >= 4 is 5.78 Å². The molecule has 1 aliphatic heterocycles. The summed E-state index contributed by atoms with van der Waals surface area (Å²) in [6, 6.07) is 14.1. The highest BCUT2D eigenvalue weighted by Gasteiger charge is 2.47. The molecule has 3 nitrogen and oxygen atoms in total. The first-order chi connectivity index (χ1) is 13.5. The summed E-state index contributed by atoms with van der Waals surface area (Å²) < 4.78 is 21.0. The zero-order chi connectivity index (χ0) is 19.7. The highest BCUT2D eigenvalue weighted by Crippen LogP contribution is 2.41. The second-order valence-electron chi connectivity index (χ2n) is 8.36. The van der Waals surface area contributed by atoms with E-state index >= 15 is 4.39 Å². The molecule has 0 bridgehead atoms. The molecule has 1 unspecified atom stereocenters. The Labute approximate surface area is 166 Å². The van der Waals surface area contributed by atoms with Crippen LogP contribution < -0.4 is 4.74 Å². The number of Topliss-reactive ketones (excluding diaryl/α,β-unsaturated/α-hetero) is 1. The maximum Gasteiger partial charge on any atom is 0.200 e. The lowest BCUT2D eigenvalue weighted by atomic mass is 9.83. The molecule has 1 aliphatic carbocycles. The number of likely N-dealkylation sites (tertiary alicyclic amines) is 1. The molecule has 0 spiro atoms. The molecule has 0 aromatic heterocycles. The van der Waals surface area contributed by atoms with Crippen molar-refractivity contribution in [3.05, 3.63) is 64.7 Å². The van der Waals surface area contributed by atoms with Crippen molar-refractivity contribution in [3.8, 4) is 5.75 Å². The summed E-state index contributed by atoms with van der Waals surface area (Å²) in [6.45, 7) is 4.76. The minimum atomic E-state index is -1.76. The Morgan fingerprint density at radius 3 is 2.57 bits per heavy atom. The summed E-state index contributed by atoms with van der Waals surface area (Å²) in [5.41, 5.74) is 1.77. The summed E-state index contributed by atoms with van der Waals surface area (Å²) in [5, 5.41) is 0. The van der Waals surface area contributed by atoms with Crippen LogP contribution in [0.1, 0.15) is 46.3 Å². The fourth-order valence-corrected chi connectivity index (χ4v) is 4.74. The second-order valence-corrected chi connectivity index (χ2v) is 8.36. The van der Waals surface area contributed by atoms with Crippen molar-refractivity contribution in [2.75, 3.05) is 20.2 Å². The molecular formula is C24H28FNO2. The van der Waals surface area contributed by atoms with Crippen molar-refractivity contribution in [3.63, 3.8) is 0 Å². The molecule has 4 rings (SSSR count). The highest BCUT2D eigenvalue weighted by molar-refractivity contribution is 6.07. The quantitative estimate of drug-likeness (QED) is 0.748. The van der Waals surface area contributed by atoms with Gasteiger partial charge in [0.05, 0.1) is 7.11 Å². The van der Waals surface area contributed by atoms with Crippen LogP contribution in [-0.2, 0) is 13.0 Å². The van der Waals surface area contributed by atoms with Crippen LogP contribution in [0, 0.1) is 12.8 Å². The van der Waals surface area contributed by atoms with E-state index in [1.54, 1.807) is 13.2 Å². The molecule has 1 heterocycles. The van der Waals surface area contributed by atoms with E-state index in [2.05, 4.69) is 29.2 Å². The van der Waals surface area contributed by atoms with Crippen LogP contribution in [0.25, 0.3) is 0 Å². The van der Waals surface area contributed by atoms with Gasteiger partial charge in [-0.3, -0.25) is 9.69 Å². The maximum absolute atomic E-state index is 15.7. The molecule has 1 fully saturated rings. The van der Waals surface area contributed by atoms with Crippen LogP contribution in [-0.4, -0.2) is 36.6 Å². The lowest BCUT2D eigenvalue weighted by molar-refractivity contribution is 0.0587. The number of fused-ring (bicyclic) bond motifs is 1. The van der Waals surface area contributed by atoms with Crippen LogP contribution in [0.4, 0.5) is 4.39 Å². The highest BCUT2D eigenvalue weighted by atomic mass is 19.1. The van der Waals surface area contributed by atoms with E-state index in [1.165, 1.54) is 5.56 Å². The normalized spacial score (nSPS) is 23.0. The fraction of sp³-hybridized carbons (Fsp3) is 0.458. The van der Waals surface area contributed by atoms with E-state index in [0.29, 0.717) is 12.0 Å². The first kappa shape index (κ1) is 19.1. The van der Waals surface area contributed by atoms with Gasteiger partial charge in [0.15, 0.2) is 5.67 Å². The van der Waals surface area contributed by atoms with Crippen molar-refractivity contribution < 1.29 is 13.9 Å². The lowest BCUT2D eigenvalue weighted by Crippen LogP contribution is -2.38. The number of aryl methyl sites for hydroxylation is 1. The van der Waals surface area contributed by atoms with Gasteiger partial charge in [-0.2, -0.15) is 0 Å². The number of rotatable bonds is 5. The first-order valence-corrected chi connectivity index (χ1v) is 10.2. The third kappa shape index (κ3) is 3.70. The number of methoxy groups -OCH3 is 1. The van der Waals surface area contributed by atoms with E-state index in [4.69, 9.17) is 4.74 Å². The molecule has 0 radical (unpaired) electrons. The van der Waals surface area contributed by atoms with Crippen molar-refractivity contribution in [2.45, 2.75) is 44.8 Å². The number of ether oxygens (including phenoxy) is 1. The van der Waals surface area contributed by atoms with E-state index < -0.39 is 5.67 Å². The zero-order valence-corrected chi connectivity index (χ0v) is 16.7. The molecule has 0 N–H and O–H groups in total. The number of nitrogens with zero attached hydrogens (tertiary/aromatic N) is 1. The van der Waals surface area contributed by atoms with Gasteiger partial charge in [0.1, 0.15) is 5.75 Å². The number of hydrogen-bond donors (Lipinski definition) is 0. The van der Waals surface area contributed by atoms with E-state index in [1.807, 2.05) is 19.1 Å². The number of carbonyl (C=O) groups excluding carboxylic acids is 1. The second kappa shape index (κ2) is 7.67. The molecule has 2 aromatic carbocycles. The molecule has 1 saturated heterocycles. The Morgan fingerprint density at radius 1 is 1.18 bits per heavy atom. The number of ketones is 1. The topological polar surface area (TPSA) is 29.5 Å². The van der Waals surface area contributed by atoms with Crippen LogP contribution in [0.5, 0.6) is 5.75 Å². The Morgan fingerprint density at radius 2 is 1.89 bits per heavy atom. The van der Waals surface area contributed by atoms with Crippen LogP contribution in [0.3, 0.4) is 0 Å². The lowest BCUT2D eigenvalue weighted by Gasteiger charge is -2.34. The van der Waals surface area contributed by atoms with E-state index in [-0.39, 0.29) is 18.1 Å². The molecule has 2 aromatic rings. The number of hydrogen-bond acceptors (Lipinski definition) is 3. The zero-order valence-electron chi connectivity index (χ0n) is 16.7. The predicted octanol–water partition coefficient (Wildman–Crippen LogP) is 4.75. The van der Waals surface area contributed by atoms with Gasteiger partial charge in [0.25, 0.3) is 0 Å². The van der Waals surface area contributed by atoms with Crippen LogP contribution >= 0.6 is 0 Å². The third-order valence-corrected chi connectivity index (χ3v) is 6.31. The summed E-state index contributed by atoms with van der Waals surface area (Å²) in [6.07, 6.45) is 2.41. The number of alkyl halides is 1. The Kier molecular flexibility index (Phi) is 5.24. The van der Waals surface area contributed by atoms with Crippen molar-refractivity contribution in [1.82, 2.24) is 4.90 Å². The van der Waals surface area contributed by atoms with Crippen molar-refractivity contribution in [1.29, 1.82) is 0 Å². The van der Waals surface area contributed by atoms with E-state index in [0.717, 1.165) is 49.4 Å². The number of halogens is 1. The first-order valence-electron chi connectivity index (χ1n) is 10.2. The van der Waals surface area contributed by atoms with Gasteiger partial charge in [-0.1, -0.05) is 30.3 Å². The molecule has 28 heavy (non-hydrogen) atoms. The smallest absolute Gasteiger partial charge is 0.200 e. The van der Waals surface area contributed by atoms with Crippen LogP contribution in [0.2, 0.25) is 0 Å². The van der Waals surface area contributed by atoms with Crippen LogP contribution in [0.15, 0.2) is 42.5 Å². The molecule has 1 atom stereocenters. The number of piperidine rings is 1.